The topological polar surface area (TPSA) is 105 Å². The van der Waals surface area contributed by atoms with E-state index in [-0.39, 0.29) is 11.8 Å². The van der Waals surface area contributed by atoms with E-state index in [0.29, 0.717) is 36.3 Å². The third-order valence-electron chi connectivity index (χ3n) is 7.42. The molecule has 222 valence electrons. The molecule has 7 nitrogen and oxygen atoms in total. The van der Waals surface area contributed by atoms with E-state index in [2.05, 4.69) is 17.6 Å². The van der Waals surface area contributed by atoms with Crippen molar-refractivity contribution >= 4 is 34.3 Å². The van der Waals surface area contributed by atoms with Crippen molar-refractivity contribution in [2.75, 3.05) is 5.32 Å². The van der Waals surface area contributed by atoms with Gasteiger partial charge in [0, 0.05) is 43.0 Å². The third-order valence-corrected chi connectivity index (χ3v) is 7.42. The molecule has 0 fully saturated rings. The monoisotopic (exact) mass is 554 g/mol. The molecule has 0 aliphatic carbocycles. The summed E-state index contributed by atoms with van der Waals surface area (Å²) in [5.41, 5.74) is 1.26. The number of carbonyl (C=O) groups is 3. The maximum atomic E-state index is 12.9. The number of ketones is 1. The highest BCUT2D eigenvalue weighted by atomic mass is 16.4. The molecule has 0 radical (unpaired) electrons. The standard InChI is InChI=1S/C33H50N2O5/c1-4-5-6-7-8-9-10-11-12-13-15-18-28(37)19-16-14-17-20-30(34-26(3)36)33(39)35-27-21-22-29-25(2)23-32(38)40-31(29)24-27/h21-24,30H,4-20H2,1-3H3,(H,34,36)(H,35,39)/t30-/m0/s1. The Morgan fingerprint density at radius 3 is 1.98 bits per heavy atom. The fourth-order valence-corrected chi connectivity index (χ4v) is 5.11. The Kier molecular flexibility index (Phi) is 15.9. The molecule has 0 aliphatic rings. The molecule has 1 heterocycles. The van der Waals surface area contributed by atoms with Gasteiger partial charge < -0.3 is 15.1 Å². The molecule has 2 rings (SSSR count). The van der Waals surface area contributed by atoms with Gasteiger partial charge in [-0.05, 0) is 43.9 Å². The van der Waals surface area contributed by atoms with Crippen LogP contribution in [0.1, 0.15) is 129 Å². The van der Waals surface area contributed by atoms with Crippen molar-refractivity contribution in [2.24, 2.45) is 0 Å². The average Bonchev–Trinajstić information content (AvgIpc) is 2.90. The number of nitrogens with one attached hydrogen (secondary N) is 2. The number of anilines is 1. The van der Waals surface area contributed by atoms with Gasteiger partial charge in [-0.3, -0.25) is 14.4 Å². The molecule has 1 aromatic heterocycles. The van der Waals surface area contributed by atoms with Crippen LogP contribution in [0.15, 0.2) is 33.5 Å². The largest absolute Gasteiger partial charge is 0.423 e. The Morgan fingerprint density at radius 1 is 0.800 bits per heavy atom. The Bertz CT molecular complexity index is 1120. The maximum Gasteiger partial charge on any atom is 0.336 e. The van der Waals surface area contributed by atoms with Gasteiger partial charge in [-0.2, -0.15) is 0 Å². The highest BCUT2D eigenvalue weighted by Crippen LogP contribution is 2.21. The number of carbonyl (C=O) groups excluding carboxylic acids is 3. The second kappa shape index (κ2) is 19.2. The summed E-state index contributed by atoms with van der Waals surface area (Å²) < 4.78 is 5.26. The van der Waals surface area contributed by atoms with E-state index in [1.165, 1.54) is 70.8 Å². The van der Waals surface area contributed by atoms with Crippen molar-refractivity contribution in [3.8, 4) is 0 Å². The Balaban J connectivity index is 1.62. The SMILES string of the molecule is CCCCCCCCCCCCCC(=O)CCCCC[C@H](NC(C)=O)C(=O)Nc1ccc2c(C)cc(=O)oc2c1. The van der Waals surface area contributed by atoms with E-state index in [9.17, 15) is 19.2 Å². The molecule has 0 unspecified atom stereocenters. The molecule has 0 spiro atoms. The number of amides is 2. The minimum Gasteiger partial charge on any atom is -0.423 e. The summed E-state index contributed by atoms with van der Waals surface area (Å²) in [5, 5.41) is 6.35. The van der Waals surface area contributed by atoms with Crippen molar-refractivity contribution in [1.82, 2.24) is 5.32 Å². The predicted octanol–water partition coefficient (Wildman–Crippen LogP) is 7.77. The number of aryl methyl sites for hydroxylation is 1. The molecule has 2 amide bonds. The van der Waals surface area contributed by atoms with Crippen LogP contribution in [0.2, 0.25) is 0 Å². The number of fused-ring (bicyclic) bond motifs is 1. The van der Waals surface area contributed by atoms with Gasteiger partial charge in [-0.1, -0.05) is 84.0 Å². The van der Waals surface area contributed by atoms with Gasteiger partial charge in [0.25, 0.3) is 0 Å². The van der Waals surface area contributed by atoms with Gasteiger partial charge in [0.15, 0.2) is 0 Å². The van der Waals surface area contributed by atoms with Crippen LogP contribution in [0.4, 0.5) is 5.69 Å². The van der Waals surface area contributed by atoms with Crippen LogP contribution in [0, 0.1) is 6.92 Å². The summed E-state index contributed by atoms with van der Waals surface area (Å²) in [6.45, 7) is 5.47. The molecule has 1 aromatic carbocycles. The summed E-state index contributed by atoms with van der Waals surface area (Å²) in [4.78, 5) is 48.5. The zero-order chi connectivity index (χ0) is 29.2. The molecule has 7 heteroatoms. The van der Waals surface area contributed by atoms with Gasteiger partial charge in [0.2, 0.25) is 11.8 Å². The van der Waals surface area contributed by atoms with Crippen molar-refractivity contribution in [2.45, 2.75) is 136 Å². The average molecular weight is 555 g/mol. The lowest BCUT2D eigenvalue weighted by atomic mass is 10.0. The third kappa shape index (κ3) is 13.4. The van der Waals surface area contributed by atoms with E-state index >= 15 is 0 Å². The zero-order valence-electron chi connectivity index (χ0n) is 24.9. The first-order valence-corrected chi connectivity index (χ1v) is 15.4. The fraction of sp³-hybridized carbons (Fsp3) is 0.636. The predicted molar refractivity (Wildman–Crippen MR) is 163 cm³/mol. The molecular weight excluding hydrogens is 504 g/mol. The molecule has 40 heavy (non-hydrogen) atoms. The fourth-order valence-electron chi connectivity index (χ4n) is 5.11. The van der Waals surface area contributed by atoms with Crippen LogP contribution in [-0.2, 0) is 14.4 Å². The summed E-state index contributed by atoms with van der Waals surface area (Å²) in [6, 6.07) is 5.92. The normalized spacial score (nSPS) is 11.9. The van der Waals surface area contributed by atoms with E-state index in [0.717, 1.165) is 43.1 Å². The van der Waals surface area contributed by atoms with Crippen molar-refractivity contribution < 1.29 is 18.8 Å². The number of rotatable bonds is 21. The molecule has 0 bridgehead atoms. The van der Waals surface area contributed by atoms with Gasteiger partial charge in [0.1, 0.15) is 17.4 Å². The molecule has 0 aliphatic heterocycles. The second-order valence-electron chi connectivity index (χ2n) is 11.1. The van der Waals surface area contributed by atoms with Crippen molar-refractivity contribution in [1.29, 1.82) is 0 Å². The number of benzene rings is 1. The van der Waals surface area contributed by atoms with Gasteiger partial charge in [0.05, 0.1) is 0 Å². The molecular formula is C33H50N2O5. The van der Waals surface area contributed by atoms with Crippen molar-refractivity contribution in [3.63, 3.8) is 0 Å². The Hall–Kier alpha value is -2.96. The number of hydrogen-bond donors (Lipinski definition) is 2. The van der Waals surface area contributed by atoms with Crippen LogP contribution in [0.25, 0.3) is 11.0 Å². The van der Waals surface area contributed by atoms with E-state index in [4.69, 9.17) is 4.42 Å². The van der Waals surface area contributed by atoms with Crippen molar-refractivity contribution in [3.05, 3.63) is 40.2 Å². The van der Waals surface area contributed by atoms with Crippen LogP contribution in [0.5, 0.6) is 0 Å². The first kappa shape index (κ1) is 33.2. The highest BCUT2D eigenvalue weighted by Gasteiger charge is 2.19. The first-order valence-electron chi connectivity index (χ1n) is 15.4. The maximum absolute atomic E-state index is 12.9. The lowest BCUT2D eigenvalue weighted by molar-refractivity contribution is -0.125. The number of hydrogen-bond acceptors (Lipinski definition) is 5. The minimum absolute atomic E-state index is 0.276. The molecule has 0 saturated carbocycles. The van der Waals surface area contributed by atoms with Crippen LogP contribution in [0.3, 0.4) is 0 Å². The highest BCUT2D eigenvalue weighted by molar-refractivity contribution is 5.98. The number of Topliss-reactive ketones (excluding diaryl/α,β-unsaturated/α-hetero) is 1. The molecule has 1 atom stereocenters. The second-order valence-corrected chi connectivity index (χ2v) is 11.1. The smallest absolute Gasteiger partial charge is 0.336 e. The van der Waals surface area contributed by atoms with Crippen LogP contribution < -0.4 is 16.3 Å². The Labute approximate surface area is 239 Å². The van der Waals surface area contributed by atoms with Gasteiger partial charge in [-0.25, -0.2) is 4.79 Å². The van der Waals surface area contributed by atoms with Gasteiger partial charge >= 0.3 is 5.63 Å². The minimum atomic E-state index is -0.676. The van der Waals surface area contributed by atoms with E-state index in [1.807, 2.05) is 6.92 Å². The van der Waals surface area contributed by atoms with Crippen LogP contribution >= 0.6 is 0 Å². The molecule has 2 N–H and O–H groups in total. The van der Waals surface area contributed by atoms with E-state index < -0.39 is 11.7 Å². The van der Waals surface area contributed by atoms with Gasteiger partial charge in [-0.15, -0.1) is 0 Å². The first-order chi connectivity index (χ1) is 19.3. The molecule has 2 aromatic rings. The quantitative estimate of drug-likeness (QED) is 0.121. The summed E-state index contributed by atoms with van der Waals surface area (Å²) in [6.07, 6.45) is 18.1. The van der Waals surface area contributed by atoms with E-state index in [1.54, 1.807) is 18.2 Å². The Morgan fingerprint density at radius 2 is 1.38 bits per heavy atom. The van der Waals surface area contributed by atoms with Crippen LogP contribution in [-0.4, -0.2) is 23.6 Å². The summed E-state index contributed by atoms with van der Waals surface area (Å²) in [5.74, 6) is -0.273. The summed E-state index contributed by atoms with van der Waals surface area (Å²) >= 11 is 0. The lowest BCUT2D eigenvalue weighted by Crippen LogP contribution is -2.42. The summed E-state index contributed by atoms with van der Waals surface area (Å²) in [7, 11) is 0. The number of unbranched alkanes of at least 4 members (excludes halogenated alkanes) is 12. The molecule has 0 saturated heterocycles. The lowest BCUT2D eigenvalue weighted by Gasteiger charge is -2.18. The zero-order valence-corrected chi connectivity index (χ0v) is 24.9.